The first-order valence-corrected chi connectivity index (χ1v) is 12.5. The molecule has 8 nitrogen and oxygen atoms in total. The monoisotopic (exact) mass is 499 g/mol. The van der Waals surface area contributed by atoms with E-state index in [1.165, 1.54) is 0 Å². The number of piperazine rings is 1. The predicted octanol–water partition coefficient (Wildman–Crippen LogP) is 3.69. The van der Waals surface area contributed by atoms with Gasteiger partial charge in [0.2, 0.25) is 5.91 Å². The van der Waals surface area contributed by atoms with Gasteiger partial charge in [0, 0.05) is 47.2 Å². The van der Waals surface area contributed by atoms with Crippen molar-refractivity contribution in [2.24, 2.45) is 4.99 Å². The zero-order valence-electron chi connectivity index (χ0n) is 19.9. The minimum absolute atomic E-state index is 0.0268. The van der Waals surface area contributed by atoms with E-state index in [2.05, 4.69) is 17.4 Å². The Balaban J connectivity index is 1.73. The summed E-state index contributed by atoms with van der Waals surface area (Å²) in [7, 11) is 2.07. The number of hydrazine groups is 1. The van der Waals surface area contributed by atoms with Gasteiger partial charge >= 0.3 is 0 Å². The lowest BCUT2D eigenvalue weighted by Gasteiger charge is -2.32. The summed E-state index contributed by atoms with van der Waals surface area (Å²) < 4.78 is 0. The Labute approximate surface area is 209 Å². The van der Waals surface area contributed by atoms with E-state index in [1.807, 2.05) is 43.1 Å². The van der Waals surface area contributed by atoms with E-state index in [-0.39, 0.29) is 24.0 Å². The quantitative estimate of drug-likeness (QED) is 0.441. The van der Waals surface area contributed by atoms with Gasteiger partial charge in [0.25, 0.3) is 0 Å². The van der Waals surface area contributed by atoms with Gasteiger partial charge in [-0.25, -0.2) is 5.01 Å². The molecule has 2 aliphatic heterocycles. The minimum atomic E-state index is -0.724. The van der Waals surface area contributed by atoms with Crippen molar-refractivity contribution >= 4 is 51.2 Å². The van der Waals surface area contributed by atoms with Gasteiger partial charge in [-0.05, 0) is 45.5 Å². The number of carbonyl (C=O) groups excluding carboxylic acids is 1. The van der Waals surface area contributed by atoms with Crippen LogP contribution in [-0.4, -0.2) is 72.5 Å². The summed E-state index contributed by atoms with van der Waals surface area (Å²) in [6, 6.07) is 6.74. The maximum Gasteiger partial charge on any atom is 0.236 e. The Bertz CT molecular complexity index is 1150. The summed E-state index contributed by atoms with van der Waals surface area (Å²) in [5.74, 6) is 0.177. The van der Waals surface area contributed by atoms with E-state index in [0.717, 1.165) is 58.5 Å². The van der Waals surface area contributed by atoms with Crippen molar-refractivity contribution in [1.82, 2.24) is 15.3 Å². The molecule has 1 fully saturated rings. The molecule has 0 radical (unpaired) electrons. The van der Waals surface area contributed by atoms with Gasteiger partial charge in [0.1, 0.15) is 22.7 Å². The van der Waals surface area contributed by atoms with Gasteiger partial charge in [0.15, 0.2) is 0 Å². The highest BCUT2D eigenvalue weighted by molar-refractivity contribution is 7.17. The van der Waals surface area contributed by atoms with E-state index in [9.17, 15) is 4.79 Å². The number of hydrogen-bond acceptors (Lipinski definition) is 7. The molecule has 1 aromatic heterocycles. The van der Waals surface area contributed by atoms with Gasteiger partial charge in [-0.15, -0.1) is 11.3 Å². The third-order valence-electron chi connectivity index (χ3n) is 6.27. The molecule has 4 rings (SSSR count). The van der Waals surface area contributed by atoms with Crippen molar-refractivity contribution in [3.05, 3.63) is 50.9 Å². The minimum Gasteiger partial charge on any atom is -0.304 e. The lowest BCUT2D eigenvalue weighted by molar-refractivity contribution is -0.126. The summed E-state index contributed by atoms with van der Waals surface area (Å²) in [6.07, 6.45) is 0.0268. The summed E-state index contributed by atoms with van der Waals surface area (Å²) in [5.41, 5.74) is 6.55. The van der Waals surface area contributed by atoms with Gasteiger partial charge in [0.05, 0.1) is 12.1 Å². The summed E-state index contributed by atoms with van der Waals surface area (Å²) in [4.78, 5) is 22.9. The molecule has 3 heterocycles. The number of nitrogens with one attached hydrogen (secondary N) is 3. The highest BCUT2D eigenvalue weighted by Crippen LogP contribution is 2.40. The summed E-state index contributed by atoms with van der Waals surface area (Å²) >= 11 is 7.68. The number of anilines is 1. The van der Waals surface area contributed by atoms with Gasteiger partial charge in [-0.3, -0.25) is 30.9 Å². The molecule has 34 heavy (non-hydrogen) atoms. The SMILES string of the molecule is CC(=N)N1C(=N)[C@H](CC(=O)NN2CCN(C)CC2)N=C(c2ccc(Cl)cc2)c2c1sc(C)c2C. The molecule has 0 spiro atoms. The molecule has 0 bridgehead atoms. The Morgan fingerprint density at radius 1 is 1.21 bits per heavy atom. The number of halogens is 1. The lowest BCUT2D eigenvalue weighted by Crippen LogP contribution is -2.53. The van der Waals surface area contributed by atoms with Crippen LogP contribution in [0.3, 0.4) is 0 Å². The van der Waals surface area contributed by atoms with Crippen molar-refractivity contribution in [3.8, 4) is 0 Å². The molecule has 1 saturated heterocycles. The number of nitrogens with zero attached hydrogens (tertiary/aromatic N) is 4. The van der Waals surface area contributed by atoms with Crippen LogP contribution in [0.1, 0.15) is 34.9 Å². The molecular weight excluding hydrogens is 470 g/mol. The van der Waals surface area contributed by atoms with E-state index in [1.54, 1.807) is 23.2 Å². The van der Waals surface area contributed by atoms with Crippen molar-refractivity contribution < 1.29 is 4.79 Å². The molecule has 2 aliphatic rings. The average molecular weight is 500 g/mol. The average Bonchev–Trinajstić information content (AvgIpc) is 3.00. The highest BCUT2D eigenvalue weighted by Gasteiger charge is 2.35. The standard InChI is InChI=1S/C24H30ClN7OS/c1-14-15(2)34-24-21(14)22(17-5-7-18(25)8-6-17)28-19(23(27)32(24)16(3)26)13-20(33)29-31-11-9-30(4)10-12-31/h5-8,19,26-27H,9-13H2,1-4H3,(H,29,33)/t19-/m0/s1. The molecule has 0 unspecified atom stereocenters. The van der Waals surface area contributed by atoms with Crippen LogP contribution in [0.25, 0.3) is 0 Å². The van der Waals surface area contributed by atoms with Crippen LogP contribution >= 0.6 is 22.9 Å². The van der Waals surface area contributed by atoms with Gasteiger partial charge in [-0.2, -0.15) is 0 Å². The Hall–Kier alpha value is -2.59. The maximum absolute atomic E-state index is 13.0. The number of benzene rings is 1. The van der Waals surface area contributed by atoms with Crippen molar-refractivity contribution in [2.75, 3.05) is 38.1 Å². The van der Waals surface area contributed by atoms with Crippen LogP contribution in [0.5, 0.6) is 0 Å². The van der Waals surface area contributed by atoms with Gasteiger partial charge in [-0.1, -0.05) is 23.7 Å². The zero-order chi connectivity index (χ0) is 24.6. The third kappa shape index (κ3) is 4.93. The van der Waals surface area contributed by atoms with Crippen LogP contribution in [0.4, 0.5) is 5.00 Å². The first kappa shape index (κ1) is 24.5. The number of fused-ring (bicyclic) bond motifs is 1. The Morgan fingerprint density at radius 2 is 1.85 bits per heavy atom. The van der Waals surface area contributed by atoms with Crippen molar-refractivity contribution in [1.29, 1.82) is 10.8 Å². The van der Waals surface area contributed by atoms with Crippen molar-refractivity contribution in [3.63, 3.8) is 0 Å². The van der Waals surface area contributed by atoms with Crippen LogP contribution in [0, 0.1) is 24.7 Å². The molecule has 1 atom stereocenters. The third-order valence-corrected chi connectivity index (χ3v) is 7.71. The van der Waals surface area contributed by atoms with E-state index >= 15 is 0 Å². The molecule has 2 aromatic rings. The zero-order valence-corrected chi connectivity index (χ0v) is 21.5. The second-order valence-electron chi connectivity index (χ2n) is 8.80. The van der Waals surface area contributed by atoms with Crippen LogP contribution in [0.2, 0.25) is 5.02 Å². The summed E-state index contributed by atoms with van der Waals surface area (Å²) in [5, 5.41) is 20.8. The molecule has 0 saturated carbocycles. The van der Waals surface area contributed by atoms with Crippen molar-refractivity contribution in [2.45, 2.75) is 33.2 Å². The Kier molecular flexibility index (Phi) is 7.18. The van der Waals surface area contributed by atoms with E-state index in [0.29, 0.717) is 5.02 Å². The number of hydrogen-bond donors (Lipinski definition) is 3. The second kappa shape index (κ2) is 9.95. The fraction of sp³-hybridized carbons (Fsp3) is 0.417. The number of amides is 1. The highest BCUT2D eigenvalue weighted by atomic mass is 35.5. The molecule has 1 amide bonds. The van der Waals surface area contributed by atoms with Gasteiger partial charge < -0.3 is 4.90 Å². The summed E-state index contributed by atoms with van der Waals surface area (Å²) in [6.45, 7) is 9.03. The number of aliphatic imine (C=N–C) groups is 1. The molecular formula is C24H30ClN7OS. The largest absolute Gasteiger partial charge is 0.304 e. The lowest BCUT2D eigenvalue weighted by atomic mass is 9.99. The molecule has 0 aliphatic carbocycles. The number of rotatable bonds is 4. The second-order valence-corrected chi connectivity index (χ2v) is 10.4. The maximum atomic E-state index is 13.0. The Morgan fingerprint density at radius 3 is 2.47 bits per heavy atom. The van der Waals surface area contributed by atoms with Crippen LogP contribution in [0.15, 0.2) is 29.3 Å². The number of aryl methyl sites for hydroxylation is 1. The van der Waals surface area contributed by atoms with E-state index in [4.69, 9.17) is 27.4 Å². The first-order chi connectivity index (χ1) is 16.2. The number of carbonyl (C=O) groups is 1. The van der Waals surface area contributed by atoms with E-state index < -0.39 is 6.04 Å². The topological polar surface area (TPSA) is 98.9 Å². The molecule has 1 aromatic carbocycles. The molecule has 3 N–H and O–H groups in total. The van der Waals surface area contributed by atoms with Crippen LogP contribution in [-0.2, 0) is 4.79 Å². The molecule has 10 heteroatoms. The smallest absolute Gasteiger partial charge is 0.236 e. The first-order valence-electron chi connectivity index (χ1n) is 11.3. The number of likely N-dealkylation sites (N-methyl/N-ethyl adjacent to an activating group) is 1. The number of thiophene rings is 1. The fourth-order valence-electron chi connectivity index (χ4n) is 4.20. The predicted molar refractivity (Wildman–Crippen MR) is 140 cm³/mol. The normalized spacial score (nSPS) is 19.4. The number of amidine groups is 2. The van der Waals surface area contributed by atoms with Crippen LogP contribution < -0.4 is 10.3 Å². The molecule has 180 valence electrons. The fourth-order valence-corrected chi connectivity index (χ4v) is 5.55.